The number of rotatable bonds is 4. The molecular formula is C16H26N4O. The number of anilines is 1. The fourth-order valence-electron chi connectivity index (χ4n) is 2.88. The Morgan fingerprint density at radius 2 is 2.14 bits per heavy atom. The topological polar surface area (TPSA) is 80.0 Å². The fraction of sp³-hybridized carbons (Fsp3) is 0.625. The quantitative estimate of drug-likeness (QED) is 0.588. The SMILES string of the molecule is CC(C)c1cc(C(=O)NC2CCC(C)(C)C2)cc(NN)n1. The summed E-state index contributed by atoms with van der Waals surface area (Å²) in [6.45, 7) is 8.59. The molecule has 1 aliphatic carbocycles. The standard InChI is InChI=1S/C16H26N4O/c1-10(2)13-7-11(8-14(19-13)20-17)15(21)18-12-5-6-16(3,4)9-12/h7-8,10,12H,5-6,9,17H2,1-4H3,(H,18,21)(H,19,20). The predicted molar refractivity (Wildman–Crippen MR) is 85.0 cm³/mol. The smallest absolute Gasteiger partial charge is 0.251 e. The monoisotopic (exact) mass is 290 g/mol. The molecule has 2 rings (SSSR count). The van der Waals surface area contributed by atoms with E-state index in [1.807, 2.05) is 19.9 Å². The number of amides is 1. The Kier molecular flexibility index (Phi) is 4.52. The molecule has 0 spiro atoms. The van der Waals surface area contributed by atoms with Crippen molar-refractivity contribution in [2.45, 2.75) is 58.9 Å². The molecule has 1 fully saturated rings. The van der Waals surface area contributed by atoms with Crippen molar-refractivity contribution in [1.82, 2.24) is 10.3 Å². The first kappa shape index (κ1) is 15.8. The zero-order valence-corrected chi connectivity index (χ0v) is 13.4. The van der Waals surface area contributed by atoms with Crippen LogP contribution in [0.3, 0.4) is 0 Å². The number of hydrazine groups is 1. The van der Waals surface area contributed by atoms with Gasteiger partial charge in [-0.05, 0) is 42.7 Å². The number of nitrogens with zero attached hydrogens (tertiary/aromatic N) is 1. The molecule has 1 heterocycles. The van der Waals surface area contributed by atoms with Gasteiger partial charge in [-0.1, -0.05) is 27.7 Å². The first-order chi connectivity index (χ1) is 9.80. The summed E-state index contributed by atoms with van der Waals surface area (Å²) >= 11 is 0. The molecule has 4 N–H and O–H groups in total. The average Bonchev–Trinajstić information content (AvgIpc) is 2.77. The van der Waals surface area contributed by atoms with Crippen molar-refractivity contribution in [1.29, 1.82) is 0 Å². The van der Waals surface area contributed by atoms with Gasteiger partial charge in [0.25, 0.3) is 5.91 Å². The van der Waals surface area contributed by atoms with Gasteiger partial charge in [0.15, 0.2) is 0 Å². The van der Waals surface area contributed by atoms with Gasteiger partial charge in [-0.15, -0.1) is 0 Å². The van der Waals surface area contributed by atoms with Crippen LogP contribution in [0.2, 0.25) is 0 Å². The Hall–Kier alpha value is -1.62. The van der Waals surface area contributed by atoms with Gasteiger partial charge in [-0.25, -0.2) is 10.8 Å². The van der Waals surface area contributed by atoms with E-state index in [0.717, 1.165) is 25.0 Å². The maximum atomic E-state index is 12.4. The van der Waals surface area contributed by atoms with E-state index in [2.05, 4.69) is 29.6 Å². The van der Waals surface area contributed by atoms with Crippen LogP contribution in [0.25, 0.3) is 0 Å². The van der Waals surface area contributed by atoms with Crippen molar-refractivity contribution in [2.24, 2.45) is 11.3 Å². The molecule has 1 amide bonds. The molecule has 1 aromatic rings. The molecule has 1 saturated carbocycles. The maximum Gasteiger partial charge on any atom is 0.251 e. The Labute approximate surface area is 126 Å². The van der Waals surface area contributed by atoms with Crippen LogP contribution in [0.5, 0.6) is 0 Å². The van der Waals surface area contributed by atoms with Gasteiger partial charge in [0.1, 0.15) is 5.82 Å². The van der Waals surface area contributed by atoms with Gasteiger partial charge in [-0.2, -0.15) is 0 Å². The van der Waals surface area contributed by atoms with Gasteiger partial charge in [-0.3, -0.25) is 4.79 Å². The molecule has 0 radical (unpaired) electrons. The third-order valence-corrected chi connectivity index (χ3v) is 4.15. The van der Waals surface area contributed by atoms with Gasteiger partial charge in [0, 0.05) is 17.3 Å². The Balaban J connectivity index is 2.13. The Morgan fingerprint density at radius 1 is 1.43 bits per heavy atom. The lowest BCUT2D eigenvalue weighted by Crippen LogP contribution is -2.33. The highest BCUT2D eigenvalue weighted by molar-refractivity contribution is 5.95. The second kappa shape index (κ2) is 6.02. The maximum absolute atomic E-state index is 12.4. The van der Waals surface area contributed by atoms with Gasteiger partial charge < -0.3 is 10.7 Å². The highest BCUT2D eigenvalue weighted by Gasteiger charge is 2.31. The number of nitrogens with two attached hydrogens (primary N) is 1. The van der Waals surface area contributed by atoms with E-state index in [1.165, 1.54) is 0 Å². The predicted octanol–water partition coefficient (Wildman–Crippen LogP) is 2.80. The summed E-state index contributed by atoms with van der Waals surface area (Å²) in [4.78, 5) is 16.8. The van der Waals surface area contributed by atoms with Crippen LogP contribution in [-0.4, -0.2) is 16.9 Å². The lowest BCUT2D eigenvalue weighted by atomic mass is 9.92. The summed E-state index contributed by atoms with van der Waals surface area (Å²) in [5.41, 5.74) is 4.34. The Morgan fingerprint density at radius 3 is 2.67 bits per heavy atom. The highest BCUT2D eigenvalue weighted by Crippen LogP contribution is 2.37. The largest absolute Gasteiger partial charge is 0.349 e. The van der Waals surface area contributed by atoms with Crippen LogP contribution in [0.1, 0.15) is 68.9 Å². The molecule has 0 aliphatic heterocycles. The molecule has 1 aliphatic rings. The van der Waals surface area contributed by atoms with E-state index >= 15 is 0 Å². The molecule has 0 bridgehead atoms. The number of hydrogen-bond donors (Lipinski definition) is 3. The van der Waals surface area contributed by atoms with E-state index in [1.54, 1.807) is 6.07 Å². The number of carbonyl (C=O) groups excluding carboxylic acids is 1. The lowest BCUT2D eigenvalue weighted by Gasteiger charge is -2.18. The first-order valence-corrected chi connectivity index (χ1v) is 7.60. The molecule has 1 unspecified atom stereocenters. The van der Waals surface area contributed by atoms with Crippen molar-refractivity contribution in [3.8, 4) is 0 Å². The molecular weight excluding hydrogens is 264 g/mol. The van der Waals surface area contributed by atoms with E-state index in [0.29, 0.717) is 16.8 Å². The van der Waals surface area contributed by atoms with Crippen LogP contribution in [0, 0.1) is 5.41 Å². The lowest BCUT2D eigenvalue weighted by molar-refractivity contribution is 0.0936. The minimum atomic E-state index is -0.0431. The van der Waals surface area contributed by atoms with Crippen LogP contribution in [0.15, 0.2) is 12.1 Å². The summed E-state index contributed by atoms with van der Waals surface area (Å²) < 4.78 is 0. The molecule has 0 aromatic carbocycles. The second-order valence-electron chi connectivity index (χ2n) is 7.04. The van der Waals surface area contributed by atoms with E-state index in [4.69, 9.17) is 5.84 Å². The number of carbonyl (C=O) groups is 1. The molecule has 21 heavy (non-hydrogen) atoms. The fourth-order valence-corrected chi connectivity index (χ4v) is 2.88. The van der Waals surface area contributed by atoms with Crippen molar-refractivity contribution >= 4 is 11.7 Å². The van der Waals surface area contributed by atoms with Crippen LogP contribution in [0.4, 0.5) is 5.82 Å². The molecule has 0 saturated heterocycles. The number of pyridine rings is 1. The van der Waals surface area contributed by atoms with E-state index in [9.17, 15) is 4.79 Å². The number of aromatic nitrogens is 1. The van der Waals surface area contributed by atoms with E-state index < -0.39 is 0 Å². The van der Waals surface area contributed by atoms with Gasteiger partial charge in [0.05, 0.1) is 0 Å². The van der Waals surface area contributed by atoms with Crippen molar-refractivity contribution in [3.63, 3.8) is 0 Å². The van der Waals surface area contributed by atoms with Crippen LogP contribution in [-0.2, 0) is 0 Å². The zero-order chi connectivity index (χ0) is 15.6. The van der Waals surface area contributed by atoms with Crippen LogP contribution < -0.4 is 16.6 Å². The molecule has 1 atom stereocenters. The van der Waals surface area contributed by atoms with Crippen LogP contribution >= 0.6 is 0 Å². The molecule has 116 valence electrons. The first-order valence-electron chi connectivity index (χ1n) is 7.60. The number of nitrogen functional groups attached to an aromatic ring is 1. The minimum absolute atomic E-state index is 0.0431. The van der Waals surface area contributed by atoms with Crippen molar-refractivity contribution in [2.75, 3.05) is 5.43 Å². The summed E-state index contributed by atoms with van der Waals surface area (Å²) in [7, 11) is 0. The normalized spacial score (nSPS) is 20.6. The van der Waals surface area contributed by atoms with Crippen molar-refractivity contribution < 1.29 is 4.79 Å². The molecule has 1 aromatic heterocycles. The highest BCUT2D eigenvalue weighted by atomic mass is 16.1. The van der Waals surface area contributed by atoms with Gasteiger partial charge in [0.2, 0.25) is 0 Å². The molecule has 5 nitrogen and oxygen atoms in total. The third kappa shape index (κ3) is 3.94. The number of nitrogens with one attached hydrogen (secondary N) is 2. The second-order valence-corrected chi connectivity index (χ2v) is 7.04. The Bertz CT molecular complexity index is 525. The summed E-state index contributed by atoms with van der Waals surface area (Å²) in [6, 6.07) is 3.81. The average molecular weight is 290 g/mol. The zero-order valence-electron chi connectivity index (χ0n) is 13.4. The minimum Gasteiger partial charge on any atom is -0.349 e. The van der Waals surface area contributed by atoms with Crippen molar-refractivity contribution in [3.05, 3.63) is 23.4 Å². The summed E-state index contributed by atoms with van der Waals surface area (Å²) in [6.07, 6.45) is 3.23. The third-order valence-electron chi connectivity index (χ3n) is 4.15. The summed E-state index contributed by atoms with van der Waals surface area (Å²) in [5, 5.41) is 3.13. The van der Waals surface area contributed by atoms with E-state index in [-0.39, 0.29) is 17.9 Å². The number of hydrogen-bond acceptors (Lipinski definition) is 4. The summed E-state index contributed by atoms with van der Waals surface area (Å²) in [5.74, 6) is 6.17. The van der Waals surface area contributed by atoms with Gasteiger partial charge >= 0.3 is 0 Å². The molecule has 5 heteroatoms.